The number of benzene rings is 2. The Morgan fingerprint density at radius 2 is 1.81 bits per heavy atom. The van der Waals surface area contributed by atoms with Crippen LogP contribution in [-0.4, -0.2) is 53.4 Å². The van der Waals surface area contributed by atoms with Crippen molar-refractivity contribution in [1.29, 1.82) is 0 Å². The minimum atomic E-state index is -3.44. The Morgan fingerprint density at radius 1 is 1.11 bits per heavy atom. The second kappa shape index (κ2) is 11.1. The van der Waals surface area contributed by atoms with Gasteiger partial charge in [0.1, 0.15) is 12.2 Å². The van der Waals surface area contributed by atoms with Crippen molar-refractivity contribution in [3.63, 3.8) is 0 Å². The number of sulfone groups is 1. The lowest BCUT2D eigenvalue weighted by Crippen LogP contribution is -2.57. The van der Waals surface area contributed by atoms with Gasteiger partial charge in [0.05, 0.1) is 23.5 Å². The highest BCUT2D eigenvalue weighted by Gasteiger charge is 2.48. The van der Waals surface area contributed by atoms with Crippen LogP contribution in [0.5, 0.6) is 0 Å². The Balaban J connectivity index is 1.83. The van der Waals surface area contributed by atoms with Gasteiger partial charge in [0.25, 0.3) is 5.91 Å². The summed E-state index contributed by atoms with van der Waals surface area (Å²) in [5.41, 5.74) is 1.36. The second-order valence-corrected chi connectivity index (χ2v) is 12.6. The normalized spacial score (nSPS) is 23.8. The van der Waals surface area contributed by atoms with E-state index in [0.29, 0.717) is 40.4 Å². The third-order valence-electron chi connectivity index (χ3n) is 7.03. The lowest BCUT2D eigenvalue weighted by atomic mass is 9.89. The van der Waals surface area contributed by atoms with Crippen LogP contribution in [0.25, 0.3) is 0 Å². The minimum absolute atomic E-state index is 0.188. The summed E-state index contributed by atoms with van der Waals surface area (Å²) in [6.07, 6.45) is -0.0629. The molecule has 4 atom stereocenters. The van der Waals surface area contributed by atoms with Crippen molar-refractivity contribution in [3.8, 4) is 0 Å². The first-order valence-corrected chi connectivity index (χ1v) is 14.5. The Morgan fingerprint density at radius 3 is 2.36 bits per heavy atom. The third-order valence-corrected chi connectivity index (χ3v) is 9.85. The maximum atomic E-state index is 13.8. The molecule has 194 valence electrons. The van der Waals surface area contributed by atoms with Crippen LogP contribution in [0, 0.1) is 0 Å². The average Bonchev–Trinajstić information content (AvgIpc) is 2.77. The highest BCUT2D eigenvalue weighted by molar-refractivity contribution is 7.92. The molecule has 0 aromatic heterocycles. The van der Waals surface area contributed by atoms with E-state index in [4.69, 9.17) is 27.9 Å². The molecule has 2 aliphatic rings. The zero-order valence-electron chi connectivity index (χ0n) is 19.8. The van der Waals surface area contributed by atoms with Gasteiger partial charge in [-0.2, -0.15) is 0 Å². The molecule has 0 bridgehead atoms. The number of ether oxygens (including phenoxy) is 1. The first-order valence-electron chi connectivity index (χ1n) is 12.0. The number of carboxylic acid groups (broad SMARTS) is 1. The van der Waals surface area contributed by atoms with Crippen LogP contribution < -0.4 is 0 Å². The predicted octanol–water partition coefficient (Wildman–Crippen LogP) is 5.22. The summed E-state index contributed by atoms with van der Waals surface area (Å²) in [5.74, 6) is -1.91. The first kappa shape index (κ1) is 26.9. The van der Waals surface area contributed by atoms with Crippen molar-refractivity contribution in [2.75, 3.05) is 5.75 Å². The summed E-state index contributed by atoms with van der Waals surface area (Å²) in [7, 11) is -3.44. The number of hydrogen-bond donors (Lipinski definition) is 1. The topological polar surface area (TPSA) is 101 Å². The number of halogens is 2. The van der Waals surface area contributed by atoms with Crippen molar-refractivity contribution in [2.45, 2.75) is 68.6 Å². The summed E-state index contributed by atoms with van der Waals surface area (Å²) in [4.78, 5) is 27.0. The van der Waals surface area contributed by atoms with Gasteiger partial charge in [0.2, 0.25) is 0 Å². The lowest BCUT2D eigenvalue weighted by molar-refractivity contribution is -0.182. The summed E-state index contributed by atoms with van der Waals surface area (Å²) >= 11 is 12.4. The first-order chi connectivity index (χ1) is 17.1. The summed E-state index contributed by atoms with van der Waals surface area (Å²) < 4.78 is 32.5. The molecule has 2 aromatic rings. The number of rotatable bonds is 9. The standard InChI is InChI=1S/C26H29Cl2NO6S/c1-2-20(15-36(33,34)21-7-4-8-21)29-24(16-9-11-18(27)12-10-16)25(17-5-3-6-19(28)13-17)35-22(26(29)32)14-23(30)31/h3,5-6,9-13,20-22,24-25H,2,4,7-8,14-15H2,1H3,(H,30,31)/t20-,22+,24-,25-/m1/s1. The molecule has 0 unspecified atom stereocenters. The van der Waals surface area contributed by atoms with E-state index in [1.807, 2.05) is 6.92 Å². The molecule has 1 N–H and O–H groups in total. The Kier molecular flexibility index (Phi) is 8.29. The molecule has 4 rings (SSSR count). The quantitative estimate of drug-likeness (QED) is 0.456. The fourth-order valence-corrected chi connectivity index (χ4v) is 7.51. The monoisotopic (exact) mass is 553 g/mol. The molecule has 0 spiro atoms. The van der Waals surface area contributed by atoms with Gasteiger partial charge in [0, 0.05) is 16.1 Å². The van der Waals surface area contributed by atoms with Gasteiger partial charge in [-0.25, -0.2) is 8.42 Å². The number of carboxylic acids is 1. The maximum Gasteiger partial charge on any atom is 0.306 e. The average molecular weight is 554 g/mol. The molecule has 0 radical (unpaired) electrons. The van der Waals surface area contributed by atoms with Crippen LogP contribution in [0.3, 0.4) is 0 Å². The van der Waals surface area contributed by atoms with Crippen LogP contribution in [0.15, 0.2) is 48.5 Å². The van der Waals surface area contributed by atoms with Gasteiger partial charge in [-0.3, -0.25) is 9.59 Å². The maximum absolute atomic E-state index is 13.8. The number of carbonyl (C=O) groups is 2. The molecule has 1 amide bonds. The molecule has 10 heteroatoms. The number of aliphatic carboxylic acids is 1. The lowest BCUT2D eigenvalue weighted by Gasteiger charge is -2.48. The van der Waals surface area contributed by atoms with Crippen LogP contribution in [-0.2, 0) is 24.2 Å². The molecule has 1 aliphatic carbocycles. The molecular formula is C26H29Cl2NO6S. The highest BCUT2D eigenvalue weighted by atomic mass is 35.5. The highest BCUT2D eigenvalue weighted by Crippen LogP contribution is 2.45. The predicted molar refractivity (Wildman–Crippen MR) is 138 cm³/mol. The summed E-state index contributed by atoms with van der Waals surface area (Å²) in [6.45, 7) is 1.84. The molecule has 36 heavy (non-hydrogen) atoms. The zero-order chi connectivity index (χ0) is 26.0. The molecule has 2 aromatic carbocycles. The number of carbonyl (C=O) groups excluding carboxylic acids is 1. The SMILES string of the molecule is CC[C@H](CS(=O)(=O)C1CCC1)N1C(=O)[C@H](CC(=O)O)O[C@H](c2cccc(Cl)c2)[C@H]1c1ccc(Cl)cc1. The fraction of sp³-hybridized carbons (Fsp3) is 0.462. The molecule has 1 saturated carbocycles. The van der Waals surface area contributed by atoms with Gasteiger partial charge in [-0.05, 0) is 54.7 Å². The Hall–Kier alpha value is -2.13. The smallest absolute Gasteiger partial charge is 0.306 e. The van der Waals surface area contributed by atoms with Crippen LogP contribution in [0.1, 0.15) is 62.3 Å². The van der Waals surface area contributed by atoms with Gasteiger partial charge in [0.15, 0.2) is 9.84 Å². The summed E-state index contributed by atoms with van der Waals surface area (Å²) in [6, 6.07) is 12.6. The zero-order valence-corrected chi connectivity index (χ0v) is 22.2. The van der Waals surface area contributed by atoms with Crippen molar-refractivity contribution < 1.29 is 27.9 Å². The number of hydrogen-bond acceptors (Lipinski definition) is 5. The van der Waals surface area contributed by atoms with Gasteiger partial charge in [-0.15, -0.1) is 0 Å². The Labute approximate surface area is 221 Å². The molecule has 1 aliphatic heterocycles. The van der Waals surface area contributed by atoms with Crippen molar-refractivity contribution >= 4 is 44.9 Å². The van der Waals surface area contributed by atoms with E-state index < -0.39 is 57.7 Å². The summed E-state index contributed by atoms with van der Waals surface area (Å²) in [5, 5.41) is 10.1. The van der Waals surface area contributed by atoms with Crippen molar-refractivity contribution in [2.24, 2.45) is 0 Å². The van der Waals surface area contributed by atoms with Gasteiger partial charge < -0.3 is 14.7 Å². The van der Waals surface area contributed by atoms with Gasteiger partial charge >= 0.3 is 5.97 Å². The van der Waals surface area contributed by atoms with E-state index in [-0.39, 0.29) is 5.75 Å². The largest absolute Gasteiger partial charge is 0.481 e. The molecule has 1 heterocycles. The number of morpholine rings is 1. The van der Waals surface area contributed by atoms with E-state index in [9.17, 15) is 23.1 Å². The van der Waals surface area contributed by atoms with E-state index in [0.717, 1.165) is 6.42 Å². The second-order valence-electron chi connectivity index (χ2n) is 9.38. The minimum Gasteiger partial charge on any atom is -0.481 e. The van der Waals surface area contributed by atoms with E-state index >= 15 is 0 Å². The number of nitrogens with zero attached hydrogens (tertiary/aromatic N) is 1. The van der Waals surface area contributed by atoms with Crippen LogP contribution >= 0.6 is 23.2 Å². The van der Waals surface area contributed by atoms with E-state index in [1.54, 1.807) is 53.4 Å². The van der Waals surface area contributed by atoms with Crippen molar-refractivity contribution in [1.82, 2.24) is 4.90 Å². The van der Waals surface area contributed by atoms with Crippen LogP contribution in [0.4, 0.5) is 0 Å². The molecular weight excluding hydrogens is 525 g/mol. The van der Waals surface area contributed by atoms with Crippen LogP contribution in [0.2, 0.25) is 10.0 Å². The van der Waals surface area contributed by atoms with Gasteiger partial charge in [-0.1, -0.05) is 60.8 Å². The van der Waals surface area contributed by atoms with E-state index in [2.05, 4.69) is 0 Å². The third kappa shape index (κ3) is 5.72. The molecule has 2 fully saturated rings. The Bertz CT molecular complexity index is 1220. The molecule has 1 saturated heterocycles. The number of amides is 1. The van der Waals surface area contributed by atoms with Crippen molar-refractivity contribution in [3.05, 3.63) is 69.7 Å². The van der Waals surface area contributed by atoms with E-state index in [1.165, 1.54) is 0 Å². The fourth-order valence-electron chi connectivity index (χ4n) is 4.93. The molecule has 7 nitrogen and oxygen atoms in total.